The first-order chi connectivity index (χ1) is 17.2. The van der Waals surface area contributed by atoms with Crippen LogP contribution in [0.2, 0.25) is 0 Å². The van der Waals surface area contributed by atoms with Gasteiger partial charge in [0.05, 0.1) is 5.39 Å². The number of rotatable bonds is 8. The third-order valence-electron chi connectivity index (χ3n) is 5.34. The number of halogens is 1. The van der Waals surface area contributed by atoms with Crippen molar-refractivity contribution in [2.45, 2.75) is 13.3 Å². The van der Waals surface area contributed by atoms with Crippen molar-refractivity contribution < 1.29 is 31.5 Å². The molecule has 0 radical (unpaired) electrons. The number of hydrogen-bond acceptors (Lipinski definition) is 7. The van der Waals surface area contributed by atoms with Crippen LogP contribution in [0.1, 0.15) is 12.5 Å². The van der Waals surface area contributed by atoms with E-state index in [1.165, 1.54) is 31.3 Å². The summed E-state index contributed by atoms with van der Waals surface area (Å²) in [5.41, 5.74) is 2.50. The smallest absolute Gasteiger partial charge is 0.412 e. The Morgan fingerprint density at radius 2 is 1.67 bits per heavy atom. The van der Waals surface area contributed by atoms with E-state index in [-0.39, 0.29) is 17.4 Å². The van der Waals surface area contributed by atoms with E-state index in [2.05, 4.69) is 10.6 Å². The van der Waals surface area contributed by atoms with Gasteiger partial charge in [-0.15, -0.1) is 0 Å². The maximum Gasteiger partial charge on any atom is 0.412 e. The Morgan fingerprint density at radius 1 is 1.03 bits per heavy atom. The minimum Gasteiger partial charge on any atom is -0.457 e. The first-order valence-corrected chi connectivity index (χ1v) is 13.2. The molecule has 188 valence electrons. The maximum absolute atomic E-state index is 13.1. The fourth-order valence-electron chi connectivity index (χ4n) is 3.58. The molecule has 36 heavy (non-hydrogen) atoms. The lowest BCUT2D eigenvalue weighted by Crippen LogP contribution is -2.22. The molecule has 1 amide bonds. The van der Waals surface area contributed by atoms with Crippen LogP contribution < -0.4 is 20.1 Å². The van der Waals surface area contributed by atoms with Gasteiger partial charge in [0.2, 0.25) is 0 Å². The Hall–Kier alpha value is -4.05. The number of anilines is 1. The van der Waals surface area contributed by atoms with E-state index in [4.69, 9.17) is 13.9 Å². The molecular weight excluding hydrogens is 487 g/mol. The molecule has 0 fully saturated rings. The van der Waals surface area contributed by atoms with E-state index in [1.54, 1.807) is 30.3 Å². The van der Waals surface area contributed by atoms with Gasteiger partial charge in [0, 0.05) is 30.6 Å². The Bertz CT molecular complexity index is 1500. The summed E-state index contributed by atoms with van der Waals surface area (Å²) >= 11 is 0. The number of benzene rings is 3. The first kappa shape index (κ1) is 25.1. The van der Waals surface area contributed by atoms with Crippen LogP contribution >= 0.6 is 0 Å². The zero-order valence-electron chi connectivity index (χ0n) is 19.9. The van der Waals surface area contributed by atoms with Crippen LogP contribution in [0, 0.1) is 5.82 Å². The van der Waals surface area contributed by atoms with Crippen molar-refractivity contribution in [3.63, 3.8) is 0 Å². The third-order valence-corrected chi connectivity index (χ3v) is 6.01. The van der Waals surface area contributed by atoms with E-state index in [1.807, 2.05) is 13.0 Å². The second kappa shape index (κ2) is 10.3. The van der Waals surface area contributed by atoms with E-state index in [9.17, 15) is 17.6 Å². The van der Waals surface area contributed by atoms with Gasteiger partial charge in [-0.1, -0.05) is 6.92 Å². The molecule has 3 aromatic carbocycles. The summed E-state index contributed by atoms with van der Waals surface area (Å²) in [7, 11) is -1.79. The molecule has 4 rings (SSSR count). The zero-order chi connectivity index (χ0) is 25.9. The number of hydrogen-bond donors (Lipinski definition) is 2. The fourth-order valence-corrected chi connectivity index (χ4v) is 4.00. The highest BCUT2D eigenvalue weighted by atomic mass is 32.2. The van der Waals surface area contributed by atoms with Gasteiger partial charge in [0.15, 0.2) is 21.3 Å². The Kier molecular flexibility index (Phi) is 7.16. The summed E-state index contributed by atoms with van der Waals surface area (Å²) in [4.78, 5) is 12.1. The average molecular weight is 513 g/mol. The van der Waals surface area contributed by atoms with Gasteiger partial charge >= 0.3 is 6.09 Å². The van der Waals surface area contributed by atoms with Crippen molar-refractivity contribution in [2.24, 2.45) is 0 Å². The lowest BCUT2D eigenvalue weighted by atomic mass is 10.1. The van der Waals surface area contributed by atoms with Gasteiger partial charge in [-0.3, -0.25) is 0 Å². The summed E-state index contributed by atoms with van der Waals surface area (Å²) in [6, 6.07) is 16.1. The summed E-state index contributed by atoms with van der Waals surface area (Å²) < 4.78 is 53.8. The van der Waals surface area contributed by atoms with Gasteiger partial charge in [0.25, 0.3) is 0 Å². The lowest BCUT2D eigenvalue weighted by molar-refractivity contribution is 0.203. The first-order valence-electron chi connectivity index (χ1n) is 11.1. The van der Waals surface area contributed by atoms with E-state index in [0.29, 0.717) is 45.9 Å². The molecule has 10 heteroatoms. The second-order valence-electron chi connectivity index (χ2n) is 8.09. The summed E-state index contributed by atoms with van der Waals surface area (Å²) in [5.74, 6) is 0.988. The van der Waals surface area contributed by atoms with Crippen LogP contribution in [0.4, 0.5) is 14.9 Å². The highest BCUT2D eigenvalue weighted by molar-refractivity contribution is 7.90. The van der Waals surface area contributed by atoms with E-state index >= 15 is 0 Å². The average Bonchev–Trinajstić information content (AvgIpc) is 3.20. The third kappa shape index (κ3) is 5.77. The molecular formula is C26H25FN2O6S. The van der Waals surface area contributed by atoms with Crippen LogP contribution in [0.3, 0.4) is 0 Å². The monoisotopic (exact) mass is 512 g/mol. The molecule has 0 aliphatic heterocycles. The lowest BCUT2D eigenvalue weighted by Gasteiger charge is -2.10. The van der Waals surface area contributed by atoms with Crippen LogP contribution in [-0.4, -0.2) is 33.7 Å². The van der Waals surface area contributed by atoms with Crippen LogP contribution in [0.5, 0.6) is 17.2 Å². The van der Waals surface area contributed by atoms with Gasteiger partial charge in [-0.25, -0.2) is 17.6 Å². The van der Waals surface area contributed by atoms with Gasteiger partial charge in [0.1, 0.15) is 28.8 Å². The molecule has 0 atom stereocenters. The second-order valence-corrected chi connectivity index (χ2v) is 10.2. The molecule has 1 aromatic heterocycles. The number of nitrogens with one attached hydrogen (secondary N) is 2. The highest BCUT2D eigenvalue weighted by Gasteiger charge is 2.22. The normalized spacial score (nSPS) is 11.3. The molecule has 4 aromatic rings. The van der Waals surface area contributed by atoms with Crippen LogP contribution in [0.25, 0.3) is 22.3 Å². The largest absolute Gasteiger partial charge is 0.457 e. The topological polar surface area (TPSA) is 107 Å². The molecule has 1 heterocycles. The molecule has 0 aliphatic rings. The van der Waals surface area contributed by atoms with Crippen LogP contribution in [0.15, 0.2) is 65.1 Å². The van der Waals surface area contributed by atoms with Crippen molar-refractivity contribution in [3.05, 3.63) is 72.0 Å². The highest BCUT2D eigenvalue weighted by Crippen LogP contribution is 2.42. The van der Waals surface area contributed by atoms with Gasteiger partial charge < -0.3 is 24.5 Å². The summed E-state index contributed by atoms with van der Waals surface area (Å²) in [6.45, 7) is 1.94. The minimum absolute atomic E-state index is 0.226. The molecule has 0 saturated carbocycles. The Morgan fingerprint density at radius 3 is 2.25 bits per heavy atom. The molecule has 0 aliphatic carbocycles. The van der Waals surface area contributed by atoms with Crippen molar-refractivity contribution in [2.75, 3.05) is 24.5 Å². The Labute approximate surface area is 207 Å². The van der Waals surface area contributed by atoms with Crippen molar-refractivity contribution in [1.29, 1.82) is 0 Å². The van der Waals surface area contributed by atoms with Gasteiger partial charge in [-0.05, 0) is 66.6 Å². The van der Waals surface area contributed by atoms with E-state index < -0.39 is 15.9 Å². The predicted octanol–water partition coefficient (Wildman–Crippen LogP) is 5.73. The number of furan rings is 1. The number of ether oxygens (including phenoxy) is 2. The summed E-state index contributed by atoms with van der Waals surface area (Å²) in [5, 5.41) is 5.95. The van der Waals surface area contributed by atoms with Crippen molar-refractivity contribution >= 4 is 32.6 Å². The molecule has 0 bridgehead atoms. The van der Waals surface area contributed by atoms with Crippen molar-refractivity contribution in [1.82, 2.24) is 5.32 Å². The number of amides is 1. The number of sulfone groups is 1. The predicted molar refractivity (Wildman–Crippen MR) is 136 cm³/mol. The molecule has 8 nitrogen and oxygen atoms in total. The summed E-state index contributed by atoms with van der Waals surface area (Å²) in [6.07, 6.45) is 1.10. The maximum atomic E-state index is 13.1. The SMILES string of the molecule is CCc1cc2c(OC(=O)NC)c(-c3ccc(Oc4ccc(F)cc4)cc3)oc2cc1NCS(C)(=O)=O. The number of carbonyl (C=O) groups excluding carboxylic acids is 1. The Balaban J connectivity index is 1.73. The standard InChI is InChI=1S/C26H25FN2O6S/c1-4-16-13-21-23(14-22(16)29-15-36(3,31)32)34-24(25(21)35-26(30)28-2)17-5-9-19(10-6-17)33-20-11-7-18(27)8-12-20/h5-14,29H,4,15H2,1-3H3,(H,28,30). The van der Waals surface area contributed by atoms with Gasteiger partial charge in [-0.2, -0.15) is 0 Å². The molecule has 0 saturated heterocycles. The van der Waals surface area contributed by atoms with Crippen LogP contribution in [-0.2, 0) is 16.3 Å². The molecule has 2 N–H and O–H groups in total. The zero-order valence-corrected chi connectivity index (χ0v) is 20.7. The molecule has 0 unspecified atom stereocenters. The number of aryl methyl sites for hydroxylation is 1. The van der Waals surface area contributed by atoms with E-state index in [0.717, 1.165) is 11.8 Å². The minimum atomic E-state index is -3.24. The fraction of sp³-hybridized carbons (Fsp3) is 0.192. The number of fused-ring (bicyclic) bond motifs is 1. The van der Waals surface area contributed by atoms with Crippen molar-refractivity contribution in [3.8, 4) is 28.6 Å². The molecule has 0 spiro atoms. The quantitative estimate of drug-likeness (QED) is 0.311. The number of carbonyl (C=O) groups is 1.